The number of hydrogen-bond acceptors (Lipinski definition) is 4. The topological polar surface area (TPSA) is 43.2 Å². The maximum absolute atomic E-state index is 5.13. The standard InChI is InChI=1S/C23H38N2O2/c1-15(24-26-4)19-8-9-20-18-7-6-16-14-17(25-27-5)10-12-22(16,2)21(18)11-13-23(19,20)3/h16,18-21H,6-14H2,1-5H3/b24-15+,25-17+. The highest BCUT2D eigenvalue weighted by molar-refractivity contribution is 5.85. The van der Waals surface area contributed by atoms with Gasteiger partial charge >= 0.3 is 0 Å². The molecule has 0 aromatic rings. The molecular weight excluding hydrogens is 336 g/mol. The van der Waals surface area contributed by atoms with E-state index in [0.717, 1.165) is 36.5 Å². The first-order valence-corrected chi connectivity index (χ1v) is 11.1. The summed E-state index contributed by atoms with van der Waals surface area (Å²) in [4.78, 5) is 10.2. The van der Waals surface area contributed by atoms with Crippen molar-refractivity contribution in [1.29, 1.82) is 0 Å². The second kappa shape index (κ2) is 7.08. The maximum atomic E-state index is 5.13. The van der Waals surface area contributed by atoms with Gasteiger partial charge in [0, 0.05) is 5.92 Å². The minimum absolute atomic E-state index is 0.424. The van der Waals surface area contributed by atoms with Crippen molar-refractivity contribution >= 4 is 11.4 Å². The van der Waals surface area contributed by atoms with E-state index in [1.54, 1.807) is 14.2 Å². The minimum Gasteiger partial charge on any atom is -0.399 e. The molecule has 0 saturated heterocycles. The lowest BCUT2D eigenvalue weighted by atomic mass is 9.44. The first kappa shape index (κ1) is 19.3. The second-order valence-electron chi connectivity index (χ2n) is 10.3. The Hall–Kier alpha value is -1.06. The minimum atomic E-state index is 0.424. The van der Waals surface area contributed by atoms with Crippen molar-refractivity contribution in [3.05, 3.63) is 0 Å². The monoisotopic (exact) mass is 374 g/mol. The molecule has 4 aliphatic rings. The van der Waals surface area contributed by atoms with Crippen LogP contribution in [0.4, 0.5) is 0 Å². The average Bonchev–Trinajstić information content (AvgIpc) is 3.00. The Morgan fingerprint density at radius 3 is 2.44 bits per heavy atom. The van der Waals surface area contributed by atoms with E-state index < -0.39 is 0 Å². The molecule has 4 fully saturated rings. The van der Waals surface area contributed by atoms with E-state index in [4.69, 9.17) is 9.68 Å². The molecule has 0 aromatic heterocycles. The number of nitrogens with zero attached hydrogens (tertiary/aromatic N) is 2. The van der Waals surface area contributed by atoms with Gasteiger partial charge in [-0.1, -0.05) is 24.2 Å². The van der Waals surface area contributed by atoms with E-state index in [1.807, 2.05) is 0 Å². The van der Waals surface area contributed by atoms with Crippen LogP contribution in [0.25, 0.3) is 0 Å². The van der Waals surface area contributed by atoms with E-state index >= 15 is 0 Å². The average molecular weight is 375 g/mol. The molecule has 0 aliphatic heterocycles. The van der Waals surface area contributed by atoms with Gasteiger partial charge in [0.2, 0.25) is 0 Å². The fraction of sp³-hybridized carbons (Fsp3) is 0.913. The van der Waals surface area contributed by atoms with Gasteiger partial charge in [-0.05, 0) is 99.2 Å². The molecule has 4 heteroatoms. The molecule has 152 valence electrons. The van der Waals surface area contributed by atoms with Gasteiger partial charge in [0.15, 0.2) is 0 Å². The molecule has 7 atom stereocenters. The molecule has 27 heavy (non-hydrogen) atoms. The van der Waals surface area contributed by atoms with Crippen molar-refractivity contribution in [3.8, 4) is 0 Å². The van der Waals surface area contributed by atoms with Crippen molar-refractivity contribution in [2.45, 2.75) is 78.6 Å². The molecule has 7 unspecified atom stereocenters. The molecular formula is C23H38N2O2. The van der Waals surface area contributed by atoms with Crippen LogP contribution in [0.5, 0.6) is 0 Å². The van der Waals surface area contributed by atoms with Crippen LogP contribution < -0.4 is 0 Å². The van der Waals surface area contributed by atoms with Gasteiger partial charge in [-0.3, -0.25) is 0 Å². The Labute approximate surface area is 165 Å². The second-order valence-corrected chi connectivity index (χ2v) is 10.3. The summed E-state index contributed by atoms with van der Waals surface area (Å²) in [6, 6.07) is 0. The third-order valence-electron chi connectivity index (χ3n) is 9.46. The van der Waals surface area contributed by atoms with Crippen LogP contribution in [-0.4, -0.2) is 25.6 Å². The quantitative estimate of drug-likeness (QED) is 0.472. The first-order chi connectivity index (χ1) is 12.9. The molecule has 0 heterocycles. The van der Waals surface area contributed by atoms with Crippen molar-refractivity contribution in [1.82, 2.24) is 0 Å². The number of oxime groups is 2. The fourth-order valence-corrected chi connectivity index (χ4v) is 8.17. The van der Waals surface area contributed by atoms with E-state index in [-0.39, 0.29) is 0 Å². The number of hydrogen-bond donors (Lipinski definition) is 0. The highest BCUT2D eigenvalue weighted by Crippen LogP contribution is 2.67. The summed E-state index contributed by atoms with van der Waals surface area (Å²) >= 11 is 0. The molecule has 0 spiro atoms. The van der Waals surface area contributed by atoms with Crippen molar-refractivity contribution in [2.75, 3.05) is 14.2 Å². The van der Waals surface area contributed by atoms with Gasteiger partial charge in [-0.15, -0.1) is 0 Å². The van der Waals surface area contributed by atoms with Gasteiger partial charge < -0.3 is 9.68 Å². The van der Waals surface area contributed by atoms with E-state index in [2.05, 4.69) is 31.1 Å². The Kier molecular flexibility index (Phi) is 5.05. The van der Waals surface area contributed by atoms with E-state index in [1.165, 1.54) is 56.4 Å². The molecule has 0 bridgehead atoms. The summed E-state index contributed by atoms with van der Waals surface area (Å²) in [5.41, 5.74) is 3.45. The first-order valence-electron chi connectivity index (χ1n) is 11.1. The normalized spacial score (nSPS) is 48.6. The van der Waals surface area contributed by atoms with Crippen LogP contribution in [0.2, 0.25) is 0 Å². The van der Waals surface area contributed by atoms with Crippen LogP contribution in [0.15, 0.2) is 10.3 Å². The van der Waals surface area contributed by atoms with Crippen LogP contribution in [0.3, 0.4) is 0 Å². The van der Waals surface area contributed by atoms with Gasteiger partial charge in [-0.2, -0.15) is 0 Å². The molecule has 4 aliphatic carbocycles. The third-order valence-corrected chi connectivity index (χ3v) is 9.46. The smallest absolute Gasteiger partial charge is 0.106 e. The predicted molar refractivity (Wildman–Crippen MR) is 110 cm³/mol. The Morgan fingerprint density at radius 1 is 0.926 bits per heavy atom. The summed E-state index contributed by atoms with van der Waals surface area (Å²) in [5.74, 6) is 4.10. The molecule has 4 rings (SSSR count). The molecule has 0 amide bonds. The van der Waals surface area contributed by atoms with Crippen LogP contribution in [0, 0.1) is 40.4 Å². The van der Waals surface area contributed by atoms with Crippen molar-refractivity contribution in [3.63, 3.8) is 0 Å². The van der Waals surface area contributed by atoms with Gasteiger partial charge in [0.1, 0.15) is 14.2 Å². The summed E-state index contributed by atoms with van der Waals surface area (Å²) in [7, 11) is 3.37. The molecule has 4 saturated carbocycles. The third kappa shape index (κ3) is 2.93. The maximum Gasteiger partial charge on any atom is 0.106 e. The Bertz CT molecular complexity index is 630. The predicted octanol–water partition coefficient (Wildman–Crippen LogP) is 5.67. The summed E-state index contributed by atoms with van der Waals surface area (Å²) in [6.45, 7) is 7.37. The number of fused-ring (bicyclic) bond motifs is 5. The lowest BCUT2D eigenvalue weighted by molar-refractivity contribution is -0.0963. The molecule has 0 aromatic carbocycles. The van der Waals surface area contributed by atoms with Crippen molar-refractivity contribution in [2.24, 2.45) is 50.7 Å². The lowest BCUT2D eigenvalue weighted by Gasteiger charge is -2.60. The molecule has 4 nitrogen and oxygen atoms in total. The zero-order chi connectivity index (χ0) is 19.2. The van der Waals surface area contributed by atoms with Gasteiger partial charge in [-0.25, -0.2) is 0 Å². The fourth-order valence-electron chi connectivity index (χ4n) is 8.17. The van der Waals surface area contributed by atoms with Crippen LogP contribution >= 0.6 is 0 Å². The Balaban J connectivity index is 1.56. The highest BCUT2D eigenvalue weighted by atomic mass is 16.6. The Morgan fingerprint density at radius 2 is 1.70 bits per heavy atom. The molecule has 0 radical (unpaired) electrons. The zero-order valence-electron chi connectivity index (χ0n) is 18.0. The summed E-state index contributed by atoms with van der Waals surface area (Å²) < 4.78 is 0. The summed E-state index contributed by atoms with van der Waals surface area (Å²) in [6.07, 6.45) is 11.8. The van der Waals surface area contributed by atoms with Crippen molar-refractivity contribution < 1.29 is 9.68 Å². The van der Waals surface area contributed by atoms with Gasteiger partial charge in [0.05, 0.1) is 11.4 Å². The summed E-state index contributed by atoms with van der Waals surface area (Å²) in [5, 5.41) is 8.66. The SMILES string of the molecule is CO/N=C1\CCC2(C)C(CCC3C2CCC2(C)C(/C(C)=N/OC)CCC32)C1. The van der Waals surface area contributed by atoms with E-state index in [9.17, 15) is 0 Å². The number of rotatable bonds is 3. The lowest BCUT2D eigenvalue weighted by Crippen LogP contribution is -2.53. The van der Waals surface area contributed by atoms with Gasteiger partial charge in [0.25, 0.3) is 0 Å². The van der Waals surface area contributed by atoms with E-state index in [0.29, 0.717) is 16.7 Å². The highest BCUT2D eigenvalue weighted by Gasteiger charge is 2.60. The largest absolute Gasteiger partial charge is 0.399 e. The van der Waals surface area contributed by atoms with Crippen LogP contribution in [-0.2, 0) is 9.68 Å². The zero-order valence-corrected chi connectivity index (χ0v) is 18.0. The molecule has 0 N–H and O–H groups in total. The van der Waals surface area contributed by atoms with Crippen LogP contribution in [0.1, 0.15) is 78.6 Å².